The van der Waals surface area contributed by atoms with E-state index >= 15 is 0 Å². The average Bonchev–Trinajstić information content (AvgIpc) is 3.20. The van der Waals surface area contributed by atoms with Gasteiger partial charge in [0.2, 0.25) is 0 Å². The van der Waals surface area contributed by atoms with Crippen molar-refractivity contribution in [3.63, 3.8) is 0 Å². The van der Waals surface area contributed by atoms with Crippen LogP contribution in [0.1, 0.15) is 35.8 Å². The van der Waals surface area contributed by atoms with Crippen LogP contribution in [-0.4, -0.2) is 55.4 Å². The Morgan fingerprint density at radius 1 is 1.21 bits per heavy atom. The van der Waals surface area contributed by atoms with E-state index in [1.54, 1.807) is 16.3 Å². The second-order valence-corrected chi connectivity index (χ2v) is 6.89. The van der Waals surface area contributed by atoms with Crippen LogP contribution in [-0.2, 0) is 16.0 Å². The molecule has 0 saturated carbocycles. The van der Waals surface area contributed by atoms with Crippen LogP contribution in [0.4, 0.5) is 10.5 Å². The van der Waals surface area contributed by atoms with Gasteiger partial charge in [0, 0.05) is 25.1 Å². The number of urea groups is 1. The van der Waals surface area contributed by atoms with E-state index in [0.717, 1.165) is 0 Å². The topological polar surface area (TPSA) is 90.0 Å². The van der Waals surface area contributed by atoms with Crippen molar-refractivity contribution >= 4 is 29.0 Å². The van der Waals surface area contributed by atoms with Crippen molar-refractivity contribution in [3.8, 4) is 5.75 Å². The van der Waals surface area contributed by atoms with Crippen molar-refractivity contribution in [1.82, 2.24) is 9.88 Å². The number of ether oxygens (including phenoxy) is 3. The maximum atomic E-state index is 12.9. The van der Waals surface area contributed by atoms with Gasteiger partial charge >= 0.3 is 12.0 Å². The third-order valence-corrected chi connectivity index (χ3v) is 4.74. The van der Waals surface area contributed by atoms with Gasteiger partial charge in [0.05, 0.1) is 25.9 Å². The maximum Gasteiger partial charge on any atom is 0.357 e. The summed E-state index contributed by atoms with van der Waals surface area (Å²) in [4.78, 5) is 30.5. The molecule has 1 heterocycles. The van der Waals surface area contributed by atoms with Crippen LogP contribution in [0.5, 0.6) is 5.75 Å². The van der Waals surface area contributed by atoms with Crippen molar-refractivity contribution < 1.29 is 23.8 Å². The van der Waals surface area contributed by atoms with Crippen LogP contribution < -0.4 is 10.1 Å². The van der Waals surface area contributed by atoms with E-state index in [1.165, 1.54) is 18.4 Å². The molecule has 0 bridgehead atoms. The highest BCUT2D eigenvalue weighted by molar-refractivity contribution is 7.09. The van der Waals surface area contributed by atoms with Gasteiger partial charge in [-0.1, -0.05) is 12.1 Å². The van der Waals surface area contributed by atoms with E-state index in [4.69, 9.17) is 14.2 Å². The Hall–Kier alpha value is -2.65. The van der Waals surface area contributed by atoms with E-state index in [2.05, 4.69) is 10.3 Å². The second kappa shape index (κ2) is 12.0. The monoisotopic (exact) mass is 421 g/mol. The minimum absolute atomic E-state index is 0.240. The van der Waals surface area contributed by atoms with Gasteiger partial charge in [-0.2, -0.15) is 0 Å². The number of anilines is 1. The fourth-order valence-corrected chi connectivity index (χ4v) is 3.32. The summed E-state index contributed by atoms with van der Waals surface area (Å²) >= 11 is 1.31. The van der Waals surface area contributed by atoms with Gasteiger partial charge < -0.3 is 24.4 Å². The fourth-order valence-electron chi connectivity index (χ4n) is 2.54. The van der Waals surface area contributed by atoms with E-state index in [9.17, 15) is 9.59 Å². The number of aromatic nitrogens is 1. The average molecular weight is 422 g/mol. The van der Waals surface area contributed by atoms with E-state index in [0.29, 0.717) is 49.2 Å². The Morgan fingerprint density at radius 2 is 2.00 bits per heavy atom. The van der Waals surface area contributed by atoms with Crippen molar-refractivity contribution in [2.75, 3.05) is 38.8 Å². The third kappa shape index (κ3) is 7.03. The molecule has 9 heteroatoms. The van der Waals surface area contributed by atoms with Crippen LogP contribution in [0, 0.1) is 0 Å². The molecule has 0 fully saturated rings. The molecule has 0 aliphatic carbocycles. The number of carbonyl (C=O) groups excluding carboxylic acids is 2. The quantitative estimate of drug-likeness (QED) is 0.439. The van der Waals surface area contributed by atoms with E-state index < -0.39 is 5.97 Å². The number of benzene rings is 1. The summed E-state index contributed by atoms with van der Waals surface area (Å²) in [5, 5.41) is 5.18. The lowest BCUT2D eigenvalue weighted by Gasteiger charge is -2.23. The number of esters is 1. The Balaban J connectivity index is 2.10. The summed E-state index contributed by atoms with van der Waals surface area (Å²) in [6.07, 6.45) is 0.684. The smallest absolute Gasteiger partial charge is 0.357 e. The minimum Gasteiger partial charge on any atom is -0.492 e. The summed E-state index contributed by atoms with van der Waals surface area (Å²) in [7, 11) is 1.31. The summed E-state index contributed by atoms with van der Waals surface area (Å²) in [6.45, 7) is 6.26. The molecule has 0 unspecified atom stereocenters. The number of thiazole rings is 1. The first-order valence-electron chi connectivity index (χ1n) is 9.47. The lowest BCUT2D eigenvalue weighted by Crippen LogP contribution is -2.35. The summed E-state index contributed by atoms with van der Waals surface area (Å²) in [6, 6.07) is 7.01. The normalized spacial score (nSPS) is 10.4. The number of hydrogen-bond acceptors (Lipinski definition) is 7. The SMILES string of the molecule is CCOCCCN(Cc1nc(C(=O)OC)cs1)C(=O)Nc1ccccc1OCC. The van der Waals surface area contributed by atoms with Crippen molar-refractivity contribution in [3.05, 3.63) is 40.3 Å². The number of nitrogens with zero attached hydrogens (tertiary/aromatic N) is 2. The third-order valence-electron chi connectivity index (χ3n) is 3.91. The molecule has 0 spiro atoms. The molecule has 0 atom stereocenters. The summed E-state index contributed by atoms with van der Waals surface area (Å²) in [5.74, 6) is 0.116. The zero-order valence-electron chi connectivity index (χ0n) is 17.0. The Kier molecular flexibility index (Phi) is 9.39. The molecular formula is C20H27N3O5S. The molecule has 8 nitrogen and oxygen atoms in total. The van der Waals surface area contributed by atoms with Gasteiger partial charge in [0.15, 0.2) is 5.69 Å². The fraction of sp³-hybridized carbons (Fsp3) is 0.450. The molecule has 2 amide bonds. The van der Waals surface area contributed by atoms with Gasteiger partial charge in [-0.25, -0.2) is 14.6 Å². The second-order valence-electron chi connectivity index (χ2n) is 5.95. The van der Waals surface area contributed by atoms with Gasteiger partial charge in [0.1, 0.15) is 10.8 Å². The predicted molar refractivity (Wildman–Crippen MR) is 112 cm³/mol. The molecule has 0 radical (unpaired) electrons. The standard InChI is InChI=1S/C20H27N3O5S/c1-4-27-12-8-11-23(13-18-21-16(14-29-18)19(24)26-3)20(25)22-15-9-6-7-10-17(15)28-5-2/h6-7,9-10,14H,4-5,8,11-13H2,1-3H3,(H,22,25). The molecule has 0 aliphatic rings. The molecule has 1 aromatic heterocycles. The molecule has 2 aromatic rings. The number of nitrogens with one attached hydrogen (secondary N) is 1. The van der Waals surface area contributed by atoms with Crippen LogP contribution in [0.2, 0.25) is 0 Å². The first-order chi connectivity index (χ1) is 14.1. The zero-order valence-corrected chi connectivity index (χ0v) is 17.8. The van der Waals surface area contributed by atoms with Crippen LogP contribution in [0.15, 0.2) is 29.6 Å². The van der Waals surface area contributed by atoms with Gasteiger partial charge in [-0.3, -0.25) is 0 Å². The lowest BCUT2D eigenvalue weighted by atomic mass is 10.3. The molecule has 29 heavy (non-hydrogen) atoms. The summed E-state index contributed by atoms with van der Waals surface area (Å²) < 4.78 is 15.6. The highest BCUT2D eigenvalue weighted by Crippen LogP contribution is 2.24. The first-order valence-corrected chi connectivity index (χ1v) is 10.3. The first kappa shape index (κ1) is 22.6. The number of amides is 2. The maximum absolute atomic E-state index is 12.9. The van der Waals surface area contributed by atoms with Crippen LogP contribution in [0.3, 0.4) is 0 Å². The van der Waals surface area contributed by atoms with E-state index in [-0.39, 0.29) is 18.3 Å². The predicted octanol–water partition coefficient (Wildman–Crippen LogP) is 3.79. The number of para-hydroxylation sites is 2. The van der Waals surface area contributed by atoms with Crippen molar-refractivity contribution in [1.29, 1.82) is 0 Å². The van der Waals surface area contributed by atoms with Gasteiger partial charge in [0.25, 0.3) is 0 Å². The molecule has 158 valence electrons. The Bertz CT molecular complexity index is 796. The van der Waals surface area contributed by atoms with Crippen LogP contribution in [0.25, 0.3) is 0 Å². The zero-order chi connectivity index (χ0) is 21.1. The molecule has 2 rings (SSSR count). The molecule has 0 aliphatic heterocycles. The molecule has 0 saturated heterocycles. The van der Waals surface area contributed by atoms with Gasteiger partial charge in [-0.15, -0.1) is 11.3 Å². The van der Waals surface area contributed by atoms with Crippen LogP contribution >= 0.6 is 11.3 Å². The van der Waals surface area contributed by atoms with Gasteiger partial charge in [-0.05, 0) is 32.4 Å². The molecule has 1 N–H and O–H groups in total. The number of rotatable bonds is 11. The largest absolute Gasteiger partial charge is 0.492 e. The highest BCUT2D eigenvalue weighted by Gasteiger charge is 2.19. The molecule has 1 aromatic carbocycles. The Morgan fingerprint density at radius 3 is 2.72 bits per heavy atom. The van der Waals surface area contributed by atoms with E-state index in [1.807, 2.05) is 32.0 Å². The Labute approximate surface area is 174 Å². The minimum atomic E-state index is -0.495. The summed E-state index contributed by atoms with van der Waals surface area (Å²) in [5.41, 5.74) is 0.840. The number of methoxy groups -OCH3 is 1. The molecular weight excluding hydrogens is 394 g/mol. The number of hydrogen-bond donors (Lipinski definition) is 1. The number of carbonyl (C=O) groups is 2. The lowest BCUT2D eigenvalue weighted by molar-refractivity contribution is 0.0594. The van der Waals surface area contributed by atoms with Crippen molar-refractivity contribution in [2.24, 2.45) is 0 Å². The highest BCUT2D eigenvalue weighted by atomic mass is 32.1. The van der Waals surface area contributed by atoms with Crippen molar-refractivity contribution in [2.45, 2.75) is 26.8 Å².